The fourth-order valence-electron chi connectivity index (χ4n) is 3.70. The third kappa shape index (κ3) is 4.08. The molecule has 1 aromatic rings. The molecular weight excluding hydrogens is 304 g/mol. The lowest BCUT2D eigenvalue weighted by Gasteiger charge is -2.37. The van der Waals surface area contributed by atoms with Crippen molar-refractivity contribution in [1.29, 1.82) is 0 Å². The highest BCUT2D eigenvalue weighted by Gasteiger charge is 2.29. The van der Waals surface area contributed by atoms with Gasteiger partial charge in [-0.05, 0) is 37.8 Å². The summed E-state index contributed by atoms with van der Waals surface area (Å²) in [7, 11) is 1.62. The lowest BCUT2D eigenvalue weighted by Crippen LogP contribution is -2.46. The molecule has 24 heavy (non-hydrogen) atoms. The van der Waals surface area contributed by atoms with E-state index in [0.717, 1.165) is 58.7 Å². The first kappa shape index (κ1) is 17.2. The molecule has 2 fully saturated rings. The van der Waals surface area contributed by atoms with Crippen molar-refractivity contribution in [2.75, 3.05) is 46.5 Å². The second kappa shape index (κ2) is 8.49. The summed E-state index contributed by atoms with van der Waals surface area (Å²) >= 11 is 0. The topological polar surface area (TPSA) is 42.0 Å². The third-order valence-electron chi connectivity index (χ3n) is 5.11. The lowest BCUT2D eigenvalue weighted by molar-refractivity contribution is 0.0295. The molecule has 5 nitrogen and oxygen atoms in total. The van der Waals surface area contributed by atoms with Gasteiger partial charge in [-0.2, -0.15) is 0 Å². The normalized spacial score (nSPS) is 22.4. The van der Waals surface area contributed by atoms with Crippen LogP contribution in [0.4, 0.5) is 0 Å². The molecule has 1 aromatic carbocycles. The standard InChI is InChI=1S/C19H28N2O3/c1-23-18-8-3-2-7-17(18)19(22)21-10-5-4-6-16(21)9-11-20-12-14-24-15-13-20/h2-3,7-8,16H,4-6,9-15H2,1H3/t16-/m1/s1. The minimum absolute atomic E-state index is 0.110. The fourth-order valence-corrected chi connectivity index (χ4v) is 3.70. The first-order chi connectivity index (χ1) is 11.8. The van der Waals surface area contributed by atoms with Gasteiger partial charge in [0.15, 0.2) is 0 Å². The number of rotatable bonds is 5. The van der Waals surface area contributed by atoms with Crippen LogP contribution in [0.15, 0.2) is 24.3 Å². The molecule has 0 aliphatic carbocycles. The van der Waals surface area contributed by atoms with Crippen molar-refractivity contribution < 1.29 is 14.3 Å². The molecular formula is C19H28N2O3. The van der Waals surface area contributed by atoms with Crippen molar-refractivity contribution in [3.05, 3.63) is 29.8 Å². The number of carbonyl (C=O) groups is 1. The lowest BCUT2D eigenvalue weighted by atomic mass is 9.97. The predicted molar refractivity (Wildman–Crippen MR) is 93.5 cm³/mol. The Balaban J connectivity index is 1.65. The molecule has 0 spiro atoms. The number of amides is 1. The molecule has 0 unspecified atom stereocenters. The van der Waals surface area contributed by atoms with E-state index in [4.69, 9.17) is 9.47 Å². The van der Waals surface area contributed by atoms with Crippen LogP contribution in [0.3, 0.4) is 0 Å². The highest BCUT2D eigenvalue weighted by molar-refractivity contribution is 5.97. The zero-order chi connectivity index (χ0) is 16.8. The van der Waals surface area contributed by atoms with Gasteiger partial charge in [0.25, 0.3) is 5.91 Å². The minimum Gasteiger partial charge on any atom is -0.496 e. The van der Waals surface area contributed by atoms with Crippen molar-refractivity contribution in [2.24, 2.45) is 0 Å². The van der Waals surface area contributed by atoms with Gasteiger partial charge in [-0.3, -0.25) is 9.69 Å². The number of morpholine rings is 1. The molecule has 3 rings (SSSR count). The van der Waals surface area contributed by atoms with E-state index in [9.17, 15) is 4.79 Å². The van der Waals surface area contributed by atoms with E-state index in [0.29, 0.717) is 17.4 Å². The van der Waals surface area contributed by atoms with Crippen LogP contribution < -0.4 is 4.74 Å². The highest BCUT2D eigenvalue weighted by atomic mass is 16.5. The Morgan fingerprint density at radius 2 is 2.00 bits per heavy atom. The van der Waals surface area contributed by atoms with Crippen molar-refractivity contribution in [3.8, 4) is 5.75 Å². The molecule has 0 bridgehead atoms. The summed E-state index contributed by atoms with van der Waals surface area (Å²) in [5, 5.41) is 0. The number of hydrogen-bond acceptors (Lipinski definition) is 4. The molecule has 1 amide bonds. The van der Waals surface area contributed by atoms with E-state index in [2.05, 4.69) is 9.80 Å². The summed E-state index contributed by atoms with van der Waals surface area (Å²) in [4.78, 5) is 17.6. The van der Waals surface area contributed by atoms with E-state index >= 15 is 0 Å². The maximum absolute atomic E-state index is 13.1. The van der Waals surface area contributed by atoms with E-state index in [1.54, 1.807) is 7.11 Å². The maximum atomic E-state index is 13.1. The molecule has 0 N–H and O–H groups in total. The summed E-state index contributed by atoms with van der Waals surface area (Å²) in [5.74, 6) is 0.777. The molecule has 1 atom stereocenters. The number of methoxy groups -OCH3 is 1. The molecule has 0 aromatic heterocycles. The first-order valence-electron chi connectivity index (χ1n) is 9.03. The van der Waals surface area contributed by atoms with Crippen LogP contribution in [-0.2, 0) is 4.74 Å². The zero-order valence-electron chi connectivity index (χ0n) is 14.6. The summed E-state index contributed by atoms with van der Waals surface area (Å²) in [6, 6.07) is 7.87. The van der Waals surface area contributed by atoms with Crippen LogP contribution in [0.2, 0.25) is 0 Å². The Morgan fingerprint density at radius 1 is 1.21 bits per heavy atom. The van der Waals surface area contributed by atoms with E-state index < -0.39 is 0 Å². The number of para-hydroxylation sites is 1. The van der Waals surface area contributed by atoms with Crippen molar-refractivity contribution in [1.82, 2.24) is 9.80 Å². The molecule has 2 heterocycles. The SMILES string of the molecule is COc1ccccc1C(=O)N1CCCC[C@@H]1CCN1CCOCC1. The van der Waals surface area contributed by atoms with Crippen LogP contribution in [0.25, 0.3) is 0 Å². The largest absolute Gasteiger partial charge is 0.496 e. The average Bonchev–Trinajstić information content (AvgIpc) is 2.67. The Bertz CT molecular complexity index is 543. The average molecular weight is 332 g/mol. The summed E-state index contributed by atoms with van der Waals surface area (Å²) in [5.41, 5.74) is 0.679. The minimum atomic E-state index is 0.110. The Hall–Kier alpha value is -1.59. The van der Waals surface area contributed by atoms with Gasteiger partial charge >= 0.3 is 0 Å². The number of hydrogen-bond donors (Lipinski definition) is 0. The molecule has 2 saturated heterocycles. The number of benzene rings is 1. The van der Waals surface area contributed by atoms with E-state index in [1.807, 2.05) is 24.3 Å². The van der Waals surface area contributed by atoms with Gasteiger partial charge in [0, 0.05) is 32.2 Å². The van der Waals surface area contributed by atoms with Crippen LogP contribution in [0.1, 0.15) is 36.0 Å². The number of carbonyl (C=O) groups excluding carboxylic acids is 1. The van der Waals surface area contributed by atoms with Gasteiger partial charge in [0.05, 0.1) is 25.9 Å². The van der Waals surface area contributed by atoms with Gasteiger partial charge in [0.1, 0.15) is 5.75 Å². The maximum Gasteiger partial charge on any atom is 0.257 e. The van der Waals surface area contributed by atoms with Gasteiger partial charge in [-0.1, -0.05) is 12.1 Å². The van der Waals surface area contributed by atoms with Gasteiger partial charge in [0.2, 0.25) is 0 Å². The summed E-state index contributed by atoms with van der Waals surface area (Å²) < 4.78 is 10.8. The monoisotopic (exact) mass is 332 g/mol. The zero-order valence-corrected chi connectivity index (χ0v) is 14.6. The Kier molecular flexibility index (Phi) is 6.10. The second-order valence-electron chi connectivity index (χ2n) is 6.59. The Morgan fingerprint density at radius 3 is 2.79 bits per heavy atom. The van der Waals surface area contributed by atoms with Gasteiger partial charge in [-0.25, -0.2) is 0 Å². The number of ether oxygens (including phenoxy) is 2. The number of nitrogens with zero attached hydrogens (tertiary/aromatic N) is 2. The third-order valence-corrected chi connectivity index (χ3v) is 5.11. The predicted octanol–water partition coefficient (Wildman–Crippen LogP) is 2.41. The molecule has 5 heteroatoms. The molecule has 132 valence electrons. The quantitative estimate of drug-likeness (QED) is 0.830. The molecule has 2 aliphatic rings. The number of piperidine rings is 1. The van der Waals surface area contributed by atoms with Crippen molar-refractivity contribution in [3.63, 3.8) is 0 Å². The van der Waals surface area contributed by atoms with Crippen LogP contribution in [0, 0.1) is 0 Å². The molecule has 2 aliphatic heterocycles. The van der Waals surface area contributed by atoms with Gasteiger partial charge < -0.3 is 14.4 Å². The van der Waals surface area contributed by atoms with Crippen LogP contribution >= 0.6 is 0 Å². The smallest absolute Gasteiger partial charge is 0.257 e. The van der Waals surface area contributed by atoms with Crippen LogP contribution in [0.5, 0.6) is 5.75 Å². The van der Waals surface area contributed by atoms with Crippen molar-refractivity contribution >= 4 is 5.91 Å². The van der Waals surface area contributed by atoms with E-state index in [1.165, 1.54) is 6.42 Å². The number of likely N-dealkylation sites (tertiary alicyclic amines) is 1. The van der Waals surface area contributed by atoms with Crippen LogP contribution in [-0.4, -0.2) is 68.3 Å². The summed E-state index contributed by atoms with van der Waals surface area (Å²) in [6.07, 6.45) is 4.45. The molecule has 0 radical (unpaired) electrons. The molecule has 0 saturated carbocycles. The highest BCUT2D eigenvalue weighted by Crippen LogP contribution is 2.26. The van der Waals surface area contributed by atoms with Gasteiger partial charge in [-0.15, -0.1) is 0 Å². The summed E-state index contributed by atoms with van der Waals surface area (Å²) in [6.45, 7) is 5.57. The van der Waals surface area contributed by atoms with Crippen molar-refractivity contribution in [2.45, 2.75) is 31.7 Å². The fraction of sp³-hybridized carbons (Fsp3) is 0.632. The second-order valence-corrected chi connectivity index (χ2v) is 6.59. The first-order valence-corrected chi connectivity index (χ1v) is 9.03. The van der Waals surface area contributed by atoms with E-state index in [-0.39, 0.29) is 5.91 Å². The Labute approximate surface area is 144 Å².